The topological polar surface area (TPSA) is 26.3 Å². The average Bonchev–Trinajstić information content (AvgIpc) is 2.46. The van der Waals surface area contributed by atoms with Crippen LogP contribution in [0.2, 0.25) is 0 Å². The van der Waals surface area contributed by atoms with Crippen LogP contribution in [0.15, 0.2) is 60.7 Å². The van der Waals surface area contributed by atoms with Crippen LogP contribution < -0.4 is 0 Å². The molecule has 2 aromatic rings. The van der Waals surface area contributed by atoms with Gasteiger partial charge in [-0.25, -0.2) is 0 Å². The molecule has 2 aromatic carbocycles. The molecule has 3 heteroatoms. The van der Waals surface area contributed by atoms with Crippen molar-refractivity contribution in [2.45, 2.75) is 18.9 Å². The maximum Gasteiger partial charge on any atom is 0.288 e. The van der Waals surface area contributed by atoms with Crippen LogP contribution in [-0.2, 0) is 14.3 Å². The van der Waals surface area contributed by atoms with Crippen LogP contribution in [0.4, 0.5) is 0 Å². The fourth-order valence-electron chi connectivity index (χ4n) is 2.19. The third-order valence-corrected chi connectivity index (χ3v) is 5.33. The molecule has 0 aliphatic heterocycles. The van der Waals surface area contributed by atoms with Gasteiger partial charge in [-0.2, -0.15) is 0 Å². The number of hydrogen-bond acceptors (Lipinski definition) is 2. The summed E-state index contributed by atoms with van der Waals surface area (Å²) < 4.78 is 5.42. The summed E-state index contributed by atoms with van der Waals surface area (Å²) in [5.41, 5.74) is 2.41. The number of carbonyl (C=O) groups is 1. The predicted octanol–water partition coefficient (Wildman–Crippen LogP) is 2.60. The van der Waals surface area contributed by atoms with Crippen molar-refractivity contribution < 1.29 is 9.22 Å². The third kappa shape index (κ3) is 3.12. The molecular formula is C16H18O2Si. The molecule has 0 spiro atoms. The van der Waals surface area contributed by atoms with Crippen molar-refractivity contribution in [3.05, 3.63) is 71.8 Å². The van der Waals surface area contributed by atoms with E-state index in [1.807, 2.05) is 36.4 Å². The van der Waals surface area contributed by atoms with Crippen LogP contribution in [0.5, 0.6) is 0 Å². The minimum atomic E-state index is -1.06. The molecule has 0 heterocycles. The molecule has 0 aromatic heterocycles. The highest BCUT2D eigenvalue weighted by Gasteiger charge is 2.31. The van der Waals surface area contributed by atoms with Crippen molar-refractivity contribution in [1.82, 2.24) is 0 Å². The minimum Gasteiger partial charge on any atom is -0.524 e. The molecule has 0 radical (unpaired) electrons. The van der Waals surface area contributed by atoms with Gasteiger partial charge in [-0.05, 0) is 11.1 Å². The number of hydrogen-bond donors (Lipinski definition) is 0. The van der Waals surface area contributed by atoms with Gasteiger partial charge in [0.15, 0.2) is 0 Å². The predicted molar refractivity (Wildman–Crippen MR) is 79.6 cm³/mol. The molecular weight excluding hydrogens is 252 g/mol. The molecule has 0 atom stereocenters. The van der Waals surface area contributed by atoms with E-state index >= 15 is 0 Å². The Morgan fingerprint density at radius 3 is 1.74 bits per heavy atom. The molecule has 2 nitrogen and oxygen atoms in total. The largest absolute Gasteiger partial charge is 0.524 e. The van der Waals surface area contributed by atoms with Crippen molar-refractivity contribution in [3.8, 4) is 0 Å². The van der Waals surface area contributed by atoms with Gasteiger partial charge >= 0.3 is 0 Å². The lowest BCUT2D eigenvalue weighted by Gasteiger charge is -2.29. The molecule has 0 bridgehead atoms. The van der Waals surface area contributed by atoms with Crippen LogP contribution in [-0.4, -0.2) is 15.7 Å². The summed E-state index contributed by atoms with van der Waals surface area (Å²) in [6.07, 6.45) is 0. The second-order valence-corrected chi connectivity index (χ2v) is 6.84. The van der Waals surface area contributed by atoms with Gasteiger partial charge in [0.05, 0.1) is 0 Å². The highest BCUT2D eigenvalue weighted by molar-refractivity contribution is 6.36. The monoisotopic (exact) mass is 270 g/mol. The van der Waals surface area contributed by atoms with Gasteiger partial charge in [-0.15, -0.1) is 0 Å². The Bertz CT molecular complexity index is 498. The van der Waals surface area contributed by atoms with E-state index in [1.165, 1.54) is 18.1 Å². The number of benzene rings is 2. The quantitative estimate of drug-likeness (QED) is 0.798. The highest BCUT2D eigenvalue weighted by atomic mass is 28.2. The summed E-state index contributed by atoms with van der Waals surface area (Å²) in [4.78, 5) is 11.2. The molecule has 0 N–H and O–H groups in total. The molecule has 0 saturated heterocycles. The lowest BCUT2D eigenvalue weighted by Crippen LogP contribution is -2.34. The van der Waals surface area contributed by atoms with E-state index in [0.29, 0.717) is 0 Å². The summed E-state index contributed by atoms with van der Waals surface area (Å²) >= 11 is 0. The Kier molecular flexibility index (Phi) is 4.17. The van der Waals surface area contributed by atoms with Gasteiger partial charge in [-0.3, -0.25) is 4.79 Å². The molecule has 0 aliphatic rings. The standard InChI is InChI=1S/C16H18O2Si/c1-13(17)18-19-16(2,14-9-5-3-6-10-14)15-11-7-4-8-12-15/h3-12H,19H2,1-2H3. The lowest BCUT2D eigenvalue weighted by atomic mass is 9.92. The number of carbonyl (C=O) groups excluding carboxylic acids is 1. The van der Waals surface area contributed by atoms with E-state index in [4.69, 9.17) is 4.43 Å². The molecule has 0 fully saturated rings. The third-order valence-electron chi connectivity index (χ3n) is 3.39. The molecule has 0 unspecified atom stereocenters. The van der Waals surface area contributed by atoms with Crippen molar-refractivity contribution in [2.75, 3.05) is 0 Å². The molecule has 0 saturated carbocycles. The number of rotatable bonds is 4. The van der Waals surface area contributed by atoms with Crippen LogP contribution in [0.3, 0.4) is 0 Å². The minimum absolute atomic E-state index is 0.186. The Morgan fingerprint density at radius 2 is 1.37 bits per heavy atom. The van der Waals surface area contributed by atoms with E-state index in [-0.39, 0.29) is 11.0 Å². The Labute approximate surface area is 116 Å². The first-order chi connectivity index (χ1) is 9.13. The summed E-state index contributed by atoms with van der Waals surface area (Å²) in [7, 11) is -1.06. The second kappa shape index (κ2) is 5.84. The first-order valence-corrected chi connectivity index (χ1v) is 7.66. The molecule has 19 heavy (non-hydrogen) atoms. The van der Waals surface area contributed by atoms with Crippen LogP contribution >= 0.6 is 0 Å². The SMILES string of the molecule is CC(=O)O[SiH2]C(C)(c1ccccc1)c1ccccc1. The van der Waals surface area contributed by atoms with Gasteiger partial charge < -0.3 is 4.43 Å². The maximum absolute atomic E-state index is 11.2. The lowest BCUT2D eigenvalue weighted by molar-refractivity contribution is -0.132. The van der Waals surface area contributed by atoms with Gasteiger partial charge in [0.2, 0.25) is 9.76 Å². The summed E-state index contributed by atoms with van der Waals surface area (Å²) in [5, 5.41) is -0.186. The Hall–Kier alpha value is -1.87. The first-order valence-electron chi connectivity index (χ1n) is 6.37. The van der Waals surface area contributed by atoms with E-state index in [1.54, 1.807) is 0 Å². The fraction of sp³-hybridized carbons (Fsp3) is 0.188. The van der Waals surface area contributed by atoms with E-state index in [0.717, 1.165) is 0 Å². The highest BCUT2D eigenvalue weighted by Crippen LogP contribution is 2.30. The normalized spacial score (nSPS) is 11.7. The van der Waals surface area contributed by atoms with Crippen molar-refractivity contribution >= 4 is 15.7 Å². The van der Waals surface area contributed by atoms with E-state index in [2.05, 4.69) is 31.2 Å². The summed E-state index contributed by atoms with van der Waals surface area (Å²) in [5.74, 6) is -0.190. The molecule has 98 valence electrons. The Morgan fingerprint density at radius 1 is 0.947 bits per heavy atom. The van der Waals surface area contributed by atoms with Gasteiger partial charge in [0.1, 0.15) is 0 Å². The average molecular weight is 270 g/mol. The van der Waals surface area contributed by atoms with Crippen LogP contribution in [0.25, 0.3) is 0 Å². The van der Waals surface area contributed by atoms with Crippen molar-refractivity contribution in [3.63, 3.8) is 0 Å². The zero-order valence-corrected chi connectivity index (χ0v) is 12.7. The van der Waals surface area contributed by atoms with Gasteiger partial charge in [-0.1, -0.05) is 67.6 Å². The van der Waals surface area contributed by atoms with E-state index < -0.39 is 9.76 Å². The first kappa shape index (κ1) is 13.6. The van der Waals surface area contributed by atoms with E-state index in [9.17, 15) is 4.79 Å². The van der Waals surface area contributed by atoms with Crippen molar-refractivity contribution in [2.24, 2.45) is 0 Å². The van der Waals surface area contributed by atoms with Crippen LogP contribution in [0.1, 0.15) is 25.0 Å². The second-order valence-electron chi connectivity index (χ2n) is 4.84. The summed E-state index contributed by atoms with van der Waals surface area (Å²) in [6, 6.07) is 20.5. The van der Waals surface area contributed by atoms with Gasteiger partial charge in [0.25, 0.3) is 5.97 Å². The maximum atomic E-state index is 11.2. The summed E-state index contributed by atoms with van der Waals surface area (Å²) in [6.45, 7) is 3.64. The fourth-order valence-corrected chi connectivity index (χ4v) is 3.49. The Balaban J connectivity index is 2.41. The molecule has 0 amide bonds. The van der Waals surface area contributed by atoms with Crippen molar-refractivity contribution in [1.29, 1.82) is 0 Å². The zero-order chi connectivity index (χ0) is 13.7. The zero-order valence-electron chi connectivity index (χ0n) is 11.3. The molecule has 0 aliphatic carbocycles. The van der Waals surface area contributed by atoms with Crippen LogP contribution in [0, 0.1) is 0 Å². The van der Waals surface area contributed by atoms with Gasteiger partial charge in [0, 0.05) is 12.0 Å². The molecule has 2 rings (SSSR count). The smallest absolute Gasteiger partial charge is 0.288 e.